The average molecular weight is 393 g/mol. The second-order valence-electron chi connectivity index (χ2n) is 8.20. The highest BCUT2D eigenvalue weighted by Crippen LogP contribution is 2.39. The molecule has 0 radical (unpaired) electrons. The number of rotatable bonds is 1. The fourth-order valence-corrected chi connectivity index (χ4v) is 5.20. The van der Waals surface area contributed by atoms with Gasteiger partial charge in [0.15, 0.2) is 0 Å². The highest BCUT2D eigenvalue weighted by Gasteiger charge is 2.17. The smallest absolute Gasteiger partial charge is 0.0619 e. The van der Waals surface area contributed by atoms with Crippen molar-refractivity contribution in [2.75, 3.05) is 0 Å². The van der Waals surface area contributed by atoms with Crippen molar-refractivity contribution in [2.45, 2.75) is 0 Å². The zero-order valence-electron chi connectivity index (χ0n) is 16.9. The summed E-state index contributed by atoms with van der Waals surface area (Å²) in [5.41, 5.74) is 3.76. The van der Waals surface area contributed by atoms with Crippen LogP contribution in [0.3, 0.4) is 0 Å². The van der Waals surface area contributed by atoms with Crippen molar-refractivity contribution in [3.05, 3.63) is 115 Å². The molecule has 0 fully saturated rings. The maximum atomic E-state index is 2.47. The Morgan fingerprint density at radius 2 is 1.00 bits per heavy atom. The van der Waals surface area contributed by atoms with E-state index in [1.807, 2.05) is 0 Å². The van der Waals surface area contributed by atoms with Crippen LogP contribution in [0, 0.1) is 0 Å². The minimum atomic E-state index is 1.23. The second-order valence-corrected chi connectivity index (χ2v) is 8.20. The summed E-state index contributed by atoms with van der Waals surface area (Å²) < 4.78 is 2.47. The van der Waals surface area contributed by atoms with E-state index in [-0.39, 0.29) is 0 Å². The van der Waals surface area contributed by atoms with Gasteiger partial charge in [0.1, 0.15) is 0 Å². The summed E-state index contributed by atoms with van der Waals surface area (Å²) in [4.78, 5) is 0. The molecule has 7 aromatic rings. The quantitative estimate of drug-likeness (QED) is 0.247. The van der Waals surface area contributed by atoms with Crippen molar-refractivity contribution in [3.8, 4) is 5.69 Å². The third-order valence-electron chi connectivity index (χ3n) is 6.55. The lowest BCUT2D eigenvalue weighted by Crippen LogP contribution is -1.96. The molecule has 1 heteroatoms. The van der Waals surface area contributed by atoms with Gasteiger partial charge < -0.3 is 4.57 Å². The second kappa shape index (κ2) is 6.20. The summed E-state index contributed by atoms with van der Waals surface area (Å²) in [5, 5.41) is 10.3. The van der Waals surface area contributed by atoms with Gasteiger partial charge in [-0.05, 0) is 33.7 Å². The number of para-hydroxylation sites is 1. The van der Waals surface area contributed by atoms with Gasteiger partial charge in [-0.1, -0.05) is 103 Å². The Kier molecular flexibility index (Phi) is 3.33. The fourth-order valence-electron chi connectivity index (χ4n) is 5.20. The Morgan fingerprint density at radius 3 is 1.84 bits per heavy atom. The SMILES string of the molecule is c1ccc2c(c1)cc(-n1c3ccccc3c3ccc4ccccc4c31)c1ccccc12. The van der Waals surface area contributed by atoms with Crippen LogP contribution in [0.15, 0.2) is 115 Å². The number of hydrogen-bond acceptors (Lipinski definition) is 0. The fraction of sp³-hybridized carbons (Fsp3) is 0. The lowest BCUT2D eigenvalue weighted by atomic mass is 10.00. The molecule has 1 nitrogen and oxygen atoms in total. The molecule has 31 heavy (non-hydrogen) atoms. The molecule has 0 atom stereocenters. The zero-order chi connectivity index (χ0) is 20.4. The minimum Gasteiger partial charge on any atom is -0.308 e. The molecule has 7 rings (SSSR count). The molecular weight excluding hydrogens is 374 g/mol. The molecule has 0 bridgehead atoms. The third kappa shape index (κ3) is 2.26. The molecule has 0 aliphatic carbocycles. The van der Waals surface area contributed by atoms with E-state index >= 15 is 0 Å². The van der Waals surface area contributed by atoms with Crippen molar-refractivity contribution < 1.29 is 0 Å². The molecule has 0 spiro atoms. The summed E-state index contributed by atoms with van der Waals surface area (Å²) in [6, 6.07) is 41.8. The molecule has 1 heterocycles. The summed E-state index contributed by atoms with van der Waals surface area (Å²) in [6.07, 6.45) is 0. The lowest BCUT2D eigenvalue weighted by molar-refractivity contribution is 1.21. The van der Waals surface area contributed by atoms with Crippen molar-refractivity contribution in [1.82, 2.24) is 4.57 Å². The average Bonchev–Trinajstić information content (AvgIpc) is 3.18. The molecular formula is C30H19N. The number of nitrogens with zero attached hydrogens (tertiary/aromatic N) is 1. The van der Waals surface area contributed by atoms with Gasteiger partial charge >= 0.3 is 0 Å². The summed E-state index contributed by atoms with van der Waals surface area (Å²) in [6.45, 7) is 0. The number of aromatic nitrogens is 1. The monoisotopic (exact) mass is 393 g/mol. The first-order valence-corrected chi connectivity index (χ1v) is 10.7. The molecule has 6 aromatic carbocycles. The van der Waals surface area contributed by atoms with Crippen LogP contribution in [0.5, 0.6) is 0 Å². The first-order valence-electron chi connectivity index (χ1n) is 10.7. The molecule has 0 aliphatic rings. The normalized spacial score (nSPS) is 11.9. The standard InChI is InChI=1S/C30H19N/c1-4-12-23-20(9-1)17-18-27-26-15-7-8-16-28(26)31(30(23)27)29-19-21-10-2-3-11-22(21)24-13-5-6-14-25(24)29/h1-19H. The van der Waals surface area contributed by atoms with Crippen LogP contribution in [0.2, 0.25) is 0 Å². The van der Waals surface area contributed by atoms with E-state index in [0.29, 0.717) is 0 Å². The van der Waals surface area contributed by atoms with Gasteiger partial charge in [0.25, 0.3) is 0 Å². The number of benzene rings is 6. The predicted octanol–water partition coefficient (Wildman–Crippen LogP) is 8.24. The Hall–Kier alpha value is -4.10. The highest BCUT2D eigenvalue weighted by molar-refractivity contribution is 6.20. The molecule has 0 aliphatic heterocycles. The number of hydrogen-bond donors (Lipinski definition) is 0. The summed E-state index contributed by atoms with van der Waals surface area (Å²) >= 11 is 0. The van der Waals surface area contributed by atoms with Gasteiger partial charge in [0.05, 0.1) is 16.7 Å². The molecule has 0 N–H and O–H groups in total. The molecule has 0 saturated heterocycles. The van der Waals surface area contributed by atoms with Crippen molar-refractivity contribution in [2.24, 2.45) is 0 Å². The third-order valence-corrected chi connectivity index (χ3v) is 6.55. The Balaban J connectivity index is 1.78. The Morgan fingerprint density at radius 1 is 0.387 bits per heavy atom. The summed E-state index contributed by atoms with van der Waals surface area (Å²) in [7, 11) is 0. The van der Waals surface area contributed by atoms with Gasteiger partial charge in [-0.2, -0.15) is 0 Å². The van der Waals surface area contributed by atoms with Crippen LogP contribution in [-0.4, -0.2) is 4.57 Å². The largest absolute Gasteiger partial charge is 0.308 e. The van der Waals surface area contributed by atoms with Gasteiger partial charge in [0.2, 0.25) is 0 Å². The molecule has 0 unspecified atom stereocenters. The van der Waals surface area contributed by atoms with Gasteiger partial charge in [-0.3, -0.25) is 0 Å². The molecule has 0 saturated carbocycles. The van der Waals surface area contributed by atoms with Crippen molar-refractivity contribution >= 4 is 54.1 Å². The number of fused-ring (bicyclic) bond motifs is 8. The van der Waals surface area contributed by atoms with Crippen LogP contribution >= 0.6 is 0 Å². The predicted molar refractivity (Wildman–Crippen MR) is 133 cm³/mol. The highest BCUT2D eigenvalue weighted by atomic mass is 15.0. The van der Waals surface area contributed by atoms with E-state index in [1.165, 1.54) is 59.8 Å². The van der Waals surface area contributed by atoms with Gasteiger partial charge in [-0.15, -0.1) is 0 Å². The van der Waals surface area contributed by atoms with E-state index < -0.39 is 0 Å². The van der Waals surface area contributed by atoms with E-state index in [0.717, 1.165) is 0 Å². The van der Waals surface area contributed by atoms with Gasteiger partial charge in [0, 0.05) is 21.5 Å². The first-order chi connectivity index (χ1) is 15.4. The van der Waals surface area contributed by atoms with Crippen LogP contribution in [0.25, 0.3) is 59.8 Å². The van der Waals surface area contributed by atoms with Crippen molar-refractivity contribution in [1.29, 1.82) is 0 Å². The van der Waals surface area contributed by atoms with Crippen LogP contribution in [0.1, 0.15) is 0 Å². The van der Waals surface area contributed by atoms with E-state index in [4.69, 9.17) is 0 Å². The lowest BCUT2D eigenvalue weighted by Gasteiger charge is -2.15. The maximum Gasteiger partial charge on any atom is 0.0619 e. The van der Waals surface area contributed by atoms with Crippen molar-refractivity contribution in [3.63, 3.8) is 0 Å². The van der Waals surface area contributed by atoms with Crippen LogP contribution in [-0.2, 0) is 0 Å². The topological polar surface area (TPSA) is 4.93 Å². The molecule has 0 amide bonds. The van der Waals surface area contributed by atoms with Crippen LogP contribution in [0.4, 0.5) is 0 Å². The summed E-state index contributed by atoms with van der Waals surface area (Å²) in [5.74, 6) is 0. The first kappa shape index (κ1) is 16.7. The zero-order valence-corrected chi connectivity index (χ0v) is 16.9. The van der Waals surface area contributed by atoms with Crippen LogP contribution < -0.4 is 0 Å². The van der Waals surface area contributed by atoms with E-state index in [2.05, 4.69) is 120 Å². The molecule has 144 valence electrons. The minimum absolute atomic E-state index is 1.23. The van der Waals surface area contributed by atoms with E-state index in [1.54, 1.807) is 0 Å². The van der Waals surface area contributed by atoms with Gasteiger partial charge in [-0.25, -0.2) is 0 Å². The van der Waals surface area contributed by atoms with E-state index in [9.17, 15) is 0 Å². The Labute approximate surface area is 179 Å². The Bertz CT molecular complexity index is 1790. The molecule has 1 aromatic heterocycles. The maximum absolute atomic E-state index is 2.47.